The first-order valence-electron chi connectivity index (χ1n) is 7.53. The number of carbonyl (C=O) groups excluding carboxylic acids is 1. The summed E-state index contributed by atoms with van der Waals surface area (Å²) in [6.07, 6.45) is 1.64. The summed E-state index contributed by atoms with van der Waals surface area (Å²) in [7, 11) is 0. The Morgan fingerprint density at radius 1 is 1.29 bits per heavy atom. The van der Waals surface area contributed by atoms with Crippen molar-refractivity contribution in [2.45, 2.75) is 20.8 Å². The minimum Gasteiger partial charge on any atom is -0.427 e. The molecule has 0 bridgehead atoms. The van der Waals surface area contributed by atoms with Crippen LogP contribution in [0.25, 0.3) is 5.70 Å². The highest BCUT2D eigenvalue weighted by atomic mass is 16.6. The van der Waals surface area contributed by atoms with Gasteiger partial charge in [-0.3, -0.25) is 10.3 Å². The molecule has 2 rings (SSSR count). The minimum absolute atomic E-state index is 0.0980. The molecular formula is C18H19NO5. The fraction of sp³-hybridized carbons (Fsp3) is 0.222. The van der Waals surface area contributed by atoms with Gasteiger partial charge >= 0.3 is 11.6 Å². The van der Waals surface area contributed by atoms with Gasteiger partial charge in [-0.05, 0) is 32.9 Å². The van der Waals surface area contributed by atoms with Crippen LogP contribution in [0.4, 0.5) is 0 Å². The second-order valence-electron chi connectivity index (χ2n) is 4.88. The van der Waals surface area contributed by atoms with E-state index in [1.807, 2.05) is 0 Å². The van der Waals surface area contributed by atoms with Gasteiger partial charge in [-0.15, -0.1) is 0 Å². The van der Waals surface area contributed by atoms with E-state index in [0.717, 1.165) is 0 Å². The summed E-state index contributed by atoms with van der Waals surface area (Å²) in [4.78, 5) is 29.7. The number of benzene rings is 1. The zero-order valence-electron chi connectivity index (χ0n) is 13.8. The lowest BCUT2D eigenvalue weighted by Crippen LogP contribution is -2.21. The SMILES string of the molecule is CC=C(NOCC)c1c(OC(=O)c2ccccc2)cc(C)oc1=O. The molecule has 0 amide bonds. The fourth-order valence-electron chi connectivity index (χ4n) is 2.04. The van der Waals surface area contributed by atoms with Crippen molar-refractivity contribution in [3.63, 3.8) is 0 Å². The van der Waals surface area contributed by atoms with Crippen LogP contribution < -0.4 is 15.8 Å². The van der Waals surface area contributed by atoms with Crippen LogP contribution in [0.3, 0.4) is 0 Å². The van der Waals surface area contributed by atoms with Crippen LogP contribution in [-0.4, -0.2) is 12.6 Å². The zero-order chi connectivity index (χ0) is 17.5. The normalized spacial score (nSPS) is 11.2. The van der Waals surface area contributed by atoms with Crippen molar-refractivity contribution in [3.8, 4) is 5.75 Å². The number of allylic oxidation sites excluding steroid dienone is 1. The van der Waals surface area contributed by atoms with Gasteiger partial charge in [-0.1, -0.05) is 24.3 Å². The summed E-state index contributed by atoms with van der Waals surface area (Å²) in [6, 6.07) is 10.0. The molecule has 0 spiro atoms. The summed E-state index contributed by atoms with van der Waals surface area (Å²) in [5.41, 5.74) is 2.88. The fourth-order valence-corrected chi connectivity index (χ4v) is 2.04. The average Bonchev–Trinajstić information content (AvgIpc) is 2.57. The Labute approximate surface area is 139 Å². The van der Waals surface area contributed by atoms with Crippen molar-refractivity contribution < 1.29 is 18.8 Å². The Hall–Kier alpha value is -2.86. The van der Waals surface area contributed by atoms with Crippen LogP contribution in [0, 0.1) is 6.92 Å². The van der Waals surface area contributed by atoms with Gasteiger partial charge in [0.25, 0.3) is 0 Å². The van der Waals surface area contributed by atoms with Crippen LogP contribution >= 0.6 is 0 Å². The number of aryl methyl sites for hydroxylation is 1. The second-order valence-corrected chi connectivity index (χ2v) is 4.88. The molecule has 1 heterocycles. The lowest BCUT2D eigenvalue weighted by Gasteiger charge is -2.13. The first-order valence-corrected chi connectivity index (χ1v) is 7.53. The number of nitrogens with one attached hydrogen (secondary N) is 1. The van der Waals surface area contributed by atoms with Gasteiger partial charge in [-0.25, -0.2) is 9.59 Å². The molecule has 0 fully saturated rings. The largest absolute Gasteiger partial charge is 0.427 e. The maximum Gasteiger partial charge on any atom is 0.349 e. The quantitative estimate of drug-likeness (QED) is 0.648. The molecule has 0 aliphatic carbocycles. The lowest BCUT2D eigenvalue weighted by molar-refractivity contribution is 0.0729. The highest BCUT2D eigenvalue weighted by Gasteiger charge is 2.19. The van der Waals surface area contributed by atoms with Crippen LogP contribution in [0.5, 0.6) is 5.75 Å². The van der Waals surface area contributed by atoms with E-state index in [1.54, 1.807) is 57.2 Å². The van der Waals surface area contributed by atoms with Crippen LogP contribution in [-0.2, 0) is 4.84 Å². The molecule has 1 aromatic carbocycles. The monoisotopic (exact) mass is 329 g/mol. The minimum atomic E-state index is -0.619. The zero-order valence-corrected chi connectivity index (χ0v) is 13.8. The maximum absolute atomic E-state index is 12.3. The third-order valence-electron chi connectivity index (χ3n) is 3.14. The Morgan fingerprint density at radius 2 is 2.00 bits per heavy atom. The predicted octanol–water partition coefficient (Wildman–Crippen LogP) is 3.07. The Bertz CT molecular complexity index is 793. The number of hydrogen-bond donors (Lipinski definition) is 1. The topological polar surface area (TPSA) is 77.8 Å². The molecule has 0 unspecified atom stereocenters. The molecule has 2 aromatic rings. The van der Waals surface area contributed by atoms with E-state index in [0.29, 0.717) is 23.6 Å². The van der Waals surface area contributed by atoms with Gasteiger partial charge in [0, 0.05) is 6.07 Å². The number of ether oxygens (including phenoxy) is 1. The van der Waals surface area contributed by atoms with Gasteiger partial charge in [0.2, 0.25) is 0 Å². The van der Waals surface area contributed by atoms with E-state index in [1.165, 1.54) is 6.07 Å². The van der Waals surface area contributed by atoms with E-state index < -0.39 is 11.6 Å². The van der Waals surface area contributed by atoms with Crippen molar-refractivity contribution in [3.05, 3.63) is 69.8 Å². The molecule has 0 radical (unpaired) electrons. The third kappa shape index (κ3) is 4.11. The number of esters is 1. The van der Waals surface area contributed by atoms with Gasteiger partial charge in [0.1, 0.15) is 11.3 Å². The second kappa shape index (κ2) is 8.12. The number of hydroxylamine groups is 1. The van der Waals surface area contributed by atoms with Gasteiger partial charge in [0.05, 0.1) is 17.9 Å². The summed E-state index contributed by atoms with van der Waals surface area (Å²) in [5.74, 6) is -0.113. The molecule has 1 N–H and O–H groups in total. The molecule has 6 heteroatoms. The highest BCUT2D eigenvalue weighted by molar-refractivity contribution is 5.91. The Morgan fingerprint density at radius 3 is 2.62 bits per heavy atom. The lowest BCUT2D eigenvalue weighted by atomic mass is 10.1. The van der Waals surface area contributed by atoms with Crippen molar-refractivity contribution in [1.29, 1.82) is 0 Å². The van der Waals surface area contributed by atoms with Crippen molar-refractivity contribution in [1.82, 2.24) is 5.48 Å². The smallest absolute Gasteiger partial charge is 0.349 e. The van der Waals surface area contributed by atoms with E-state index in [2.05, 4.69) is 5.48 Å². The van der Waals surface area contributed by atoms with Crippen LogP contribution in [0.1, 0.15) is 35.5 Å². The van der Waals surface area contributed by atoms with Gasteiger partial charge in [-0.2, -0.15) is 0 Å². The Balaban J connectivity index is 2.42. The Kier molecular flexibility index (Phi) is 5.92. The van der Waals surface area contributed by atoms with Crippen LogP contribution in [0.2, 0.25) is 0 Å². The van der Waals surface area contributed by atoms with E-state index in [4.69, 9.17) is 14.0 Å². The number of rotatable bonds is 6. The maximum atomic E-state index is 12.3. The van der Waals surface area contributed by atoms with E-state index >= 15 is 0 Å². The summed E-state index contributed by atoms with van der Waals surface area (Å²) in [5, 5.41) is 0. The molecule has 126 valence electrons. The summed E-state index contributed by atoms with van der Waals surface area (Å²) < 4.78 is 10.5. The highest BCUT2D eigenvalue weighted by Crippen LogP contribution is 2.24. The summed E-state index contributed by atoms with van der Waals surface area (Å²) >= 11 is 0. The van der Waals surface area contributed by atoms with Crippen molar-refractivity contribution in [2.75, 3.05) is 6.61 Å². The molecule has 0 aliphatic rings. The van der Waals surface area contributed by atoms with Crippen molar-refractivity contribution >= 4 is 11.7 Å². The number of carbonyl (C=O) groups is 1. The number of hydrogen-bond acceptors (Lipinski definition) is 6. The van der Waals surface area contributed by atoms with Crippen molar-refractivity contribution in [2.24, 2.45) is 0 Å². The molecular weight excluding hydrogens is 310 g/mol. The first-order chi connectivity index (χ1) is 11.6. The van der Waals surface area contributed by atoms with E-state index in [-0.39, 0.29) is 11.3 Å². The first kappa shape index (κ1) is 17.5. The molecule has 6 nitrogen and oxygen atoms in total. The molecule has 1 aromatic heterocycles. The standard InChI is InChI=1S/C18H19NO5/c1-4-14(19-22-5-2)16-15(11-12(3)23-18(16)21)24-17(20)13-9-7-6-8-10-13/h4,6-11,19H,5H2,1-3H3. The molecule has 0 aliphatic heterocycles. The average molecular weight is 329 g/mol. The predicted molar refractivity (Wildman–Crippen MR) is 89.5 cm³/mol. The van der Waals surface area contributed by atoms with Gasteiger partial charge < -0.3 is 9.15 Å². The molecule has 0 saturated carbocycles. The molecule has 24 heavy (non-hydrogen) atoms. The van der Waals surface area contributed by atoms with Gasteiger partial charge in [0.15, 0.2) is 5.75 Å². The molecule has 0 saturated heterocycles. The van der Waals surface area contributed by atoms with E-state index in [9.17, 15) is 9.59 Å². The third-order valence-corrected chi connectivity index (χ3v) is 3.14. The summed E-state index contributed by atoms with van der Waals surface area (Å²) in [6.45, 7) is 5.53. The van der Waals surface area contributed by atoms with Crippen LogP contribution in [0.15, 0.2) is 51.7 Å². The molecule has 0 atom stereocenters.